The van der Waals surface area contributed by atoms with E-state index in [1.807, 2.05) is 0 Å². The summed E-state index contributed by atoms with van der Waals surface area (Å²) in [4.78, 5) is 28.6. The smallest absolute Gasteiger partial charge is 0.235 e. The van der Waals surface area contributed by atoms with Gasteiger partial charge in [-0.05, 0) is 13.8 Å². The van der Waals surface area contributed by atoms with Crippen molar-refractivity contribution in [2.75, 3.05) is 12.4 Å². The van der Waals surface area contributed by atoms with E-state index in [1.54, 1.807) is 37.0 Å². The first kappa shape index (κ1) is 16.9. The number of anilines is 1. The van der Waals surface area contributed by atoms with Gasteiger partial charge < -0.3 is 15.2 Å². The van der Waals surface area contributed by atoms with E-state index in [0.29, 0.717) is 23.7 Å². The van der Waals surface area contributed by atoms with E-state index in [9.17, 15) is 9.90 Å². The largest absolute Gasteiger partial charge is 0.493 e. The molecule has 0 atom stereocenters. The van der Waals surface area contributed by atoms with Gasteiger partial charge in [0.25, 0.3) is 0 Å². The lowest BCUT2D eigenvalue weighted by molar-refractivity contribution is -0.119. The topological polar surface area (TPSA) is 128 Å². The Labute approximate surface area is 154 Å². The highest BCUT2D eigenvalue weighted by Crippen LogP contribution is 2.41. The number of hydrogen-bond donors (Lipinski definition) is 2. The molecule has 0 spiro atoms. The van der Waals surface area contributed by atoms with Crippen molar-refractivity contribution in [3.8, 4) is 23.3 Å². The third kappa shape index (κ3) is 2.75. The second-order valence-electron chi connectivity index (χ2n) is 6.65. The summed E-state index contributed by atoms with van der Waals surface area (Å²) in [5, 5.41) is 17.5. The number of hydrogen-bond acceptors (Lipinski definition) is 8. The van der Waals surface area contributed by atoms with E-state index in [0.717, 1.165) is 5.56 Å². The first-order valence-corrected chi connectivity index (χ1v) is 8.19. The number of aromatic nitrogens is 6. The predicted molar refractivity (Wildman–Crippen MR) is 94.3 cm³/mol. The molecular weight excluding hydrogens is 350 g/mol. The summed E-state index contributed by atoms with van der Waals surface area (Å²) in [6.07, 6.45) is 4.82. The number of methoxy groups -OCH3 is 1. The molecule has 0 aromatic carbocycles. The first-order chi connectivity index (χ1) is 12.9. The normalized spacial score (nSPS) is 14.7. The number of amides is 1. The minimum Gasteiger partial charge on any atom is -0.493 e. The zero-order valence-corrected chi connectivity index (χ0v) is 15.0. The molecule has 3 aromatic heterocycles. The summed E-state index contributed by atoms with van der Waals surface area (Å²) in [6.45, 7) is 3.80. The quantitative estimate of drug-likeness (QED) is 0.702. The number of rotatable bonds is 4. The number of fused-ring (bicyclic) bond motifs is 1. The van der Waals surface area contributed by atoms with Crippen LogP contribution in [-0.4, -0.2) is 47.8 Å². The van der Waals surface area contributed by atoms with Gasteiger partial charge in [0, 0.05) is 24.0 Å². The Balaban J connectivity index is 1.74. The summed E-state index contributed by atoms with van der Waals surface area (Å²) in [5.74, 6) is 0.472. The predicted octanol–water partition coefficient (Wildman–Crippen LogP) is 1.12. The third-order valence-electron chi connectivity index (χ3n) is 4.44. The van der Waals surface area contributed by atoms with Crippen LogP contribution in [0.3, 0.4) is 0 Å². The monoisotopic (exact) mass is 367 g/mol. The second-order valence-corrected chi connectivity index (χ2v) is 6.65. The molecule has 1 amide bonds. The molecule has 0 unspecified atom stereocenters. The van der Waals surface area contributed by atoms with Gasteiger partial charge in [0.1, 0.15) is 17.8 Å². The molecule has 0 aliphatic carbocycles. The average Bonchev–Trinajstić information content (AvgIpc) is 3.14. The molecule has 10 heteroatoms. The number of nitrogens with zero attached hydrogens (tertiary/aromatic N) is 6. The molecule has 4 heterocycles. The summed E-state index contributed by atoms with van der Waals surface area (Å²) in [6, 6.07) is 1.66. The van der Waals surface area contributed by atoms with Gasteiger partial charge in [-0.1, -0.05) is 0 Å². The zero-order valence-electron chi connectivity index (χ0n) is 15.0. The number of aromatic hydroxyl groups is 1. The van der Waals surface area contributed by atoms with Crippen LogP contribution >= 0.6 is 0 Å². The van der Waals surface area contributed by atoms with Crippen molar-refractivity contribution >= 4 is 11.7 Å². The maximum Gasteiger partial charge on any atom is 0.235 e. The Morgan fingerprint density at radius 3 is 2.70 bits per heavy atom. The van der Waals surface area contributed by atoms with Gasteiger partial charge in [0.15, 0.2) is 5.82 Å². The molecule has 138 valence electrons. The van der Waals surface area contributed by atoms with Crippen LogP contribution in [0, 0.1) is 0 Å². The minimum absolute atomic E-state index is 0.186. The van der Waals surface area contributed by atoms with Crippen molar-refractivity contribution < 1.29 is 14.6 Å². The summed E-state index contributed by atoms with van der Waals surface area (Å²) in [5.41, 5.74) is 0.726. The minimum atomic E-state index is -0.900. The van der Waals surface area contributed by atoms with E-state index in [1.165, 1.54) is 13.4 Å². The van der Waals surface area contributed by atoms with Crippen LogP contribution in [0.2, 0.25) is 0 Å². The highest BCUT2D eigenvalue weighted by Gasteiger charge is 2.43. The molecular formula is C17H17N7O3. The van der Waals surface area contributed by atoms with Gasteiger partial charge in [-0.25, -0.2) is 19.6 Å². The van der Waals surface area contributed by atoms with Crippen LogP contribution in [0.5, 0.6) is 11.8 Å². The van der Waals surface area contributed by atoms with Gasteiger partial charge in [0.2, 0.25) is 17.7 Å². The van der Waals surface area contributed by atoms with Crippen molar-refractivity contribution in [1.82, 2.24) is 29.7 Å². The third-order valence-corrected chi connectivity index (χ3v) is 4.44. The van der Waals surface area contributed by atoms with E-state index in [2.05, 4.69) is 30.4 Å². The van der Waals surface area contributed by atoms with E-state index in [4.69, 9.17) is 4.74 Å². The number of carbonyl (C=O) groups is 1. The molecule has 0 bridgehead atoms. The molecule has 0 fully saturated rings. The SMILES string of the molecule is COc1cc(-c2nc(O)c3c(n2)NC(=O)C3(C)C)nn1Cc1cncnc1. The van der Waals surface area contributed by atoms with Gasteiger partial charge in [0.05, 0.1) is 24.6 Å². The van der Waals surface area contributed by atoms with Gasteiger partial charge in [-0.3, -0.25) is 4.79 Å². The average molecular weight is 367 g/mol. The summed E-state index contributed by atoms with van der Waals surface area (Å²) < 4.78 is 6.98. The van der Waals surface area contributed by atoms with Crippen LogP contribution in [0.25, 0.3) is 11.5 Å². The van der Waals surface area contributed by atoms with Gasteiger partial charge >= 0.3 is 0 Å². The fourth-order valence-electron chi connectivity index (χ4n) is 2.98. The Bertz CT molecular complexity index is 1030. The van der Waals surface area contributed by atoms with Crippen molar-refractivity contribution in [2.45, 2.75) is 25.8 Å². The molecule has 10 nitrogen and oxygen atoms in total. The Morgan fingerprint density at radius 2 is 2.00 bits per heavy atom. The van der Waals surface area contributed by atoms with Crippen molar-refractivity contribution in [3.63, 3.8) is 0 Å². The molecule has 3 aromatic rings. The molecule has 0 saturated carbocycles. The molecule has 1 aliphatic rings. The fourth-order valence-corrected chi connectivity index (χ4v) is 2.98. The second kappa shape index (κ2) is 6.01. The van der Waals surface area contributed by atoms with Crippen molar-refractivity contribution in [2.24, 2.45) is 0 Å². The fraction of sp³-hybridized carbons (Fsp3) is 0.294. The Kier molecular flexibility index (Phi) is 3.76. The van der Waals surface area contributed by atoms with E-state index >= 15 is 0 Å². The van der Waals surface area contributed by atoms with Crippen LogP contribution in [-0.2, 0) is 16.8 Å². The molecule has 0 saturated heterocycles. The van der Waals surface area contributed by atoms with Gasteiger partial charge in [-0.2, -0.15) is 10.1 Å². The Hall–Kier alpha value is -3.56. The van der Waals surface area contributed by atoms with E-state index in [-0.39, 0.29) is 23.4 Å². The highest BCUT2D eigenvalue weighted by atomic mass is 16.5. The maximum absolute atomic E-state index is 12.1. The van der Waals surface area contributed by atoms with Crippen LogP contribution in [0.4, 0.5) is 5.82 Å². The summed E-state index contributed by atoms with van der Waals surface area (Å²) in [7, 11) is 1.53. The molecule has 4 rings (SSSR count). The lowest BCUT2D eigenvalue weighted by Crippen LogP contribution is -2.27. The summed E-state index contributed by atoms with van der Waals surface area (Å²) >= 11 is 0. The molecule has 2 N–H and O–H groups in total. The lowest BCUT2D eigenvalue weighted by atomic mass is 9.87. The zero-order chi connectivity index (χ0) is 19.2. The highest BCUT2D eigenvalue weighted by molar-refractivity contribution is 6.05. The van der Waals surface area contributed by atoms with Crippen molar-refractivity contribution in [3.05, 3.63) is 35.9 Å². The van der Waals surface area contributed by atoms with Gasteiger partial charge in [-0.15, -0.1) is 0 Å². The number of ether oxygens (including phenoxy) is 1. The first-order valence-electron chi connectivity index (χ1n) is 8.19. The van der Waals surface area contributed by atoms with E-state index < -0.39 is 5.41 Å². The van der Waals surface area contributed by atoms with Crippen molar-refractivity contribution in [1.29, 1.82) is 0 Å². The van der Waals surface area contributed by atoms with Crippen LogP contribution in [0.15, 0.2) is 24.8 Å². The standard InChI is InChI=1S/C17H17N7O3/c1-17(2)12-14(22-16(17)26)20-13(21-15(12)25)10-4-11(27-3)24(23-10)7-9-5-18-8-19-6-9/h4-6,8H,7H2,1-3H3,(H2,20,21,22,25,26). The number of carbonyl (C=O) groups excluding carboxylic acids is 1. The van der Waals surface area contributed by atoms with Crippen LogP contribution in [0.1, 0.15) is 25.0 Å². The van der Waals surface area contributed by atoms with Crippen LogP contribution < -0.4 is 10.1 Å². The molecule has 0 radical (unpaired) electrons. The Morgan fingerprint density at radius 1 is 1.26 bits per heavy atom. The molecule has 1 aliphatic heterocycles. The maximum atomic E-state index is 12.1. The molecule has 27 heavy (non-hydrogen) atoms. The number of nitrogens with one attached hydrogen (secondary N) is 1. The lowest BCUT2D eigenvalue weighted by Gasteiger charge is -2.15.